The standard InChI is InChI=1S/C16H16BrNO2/c1-11-5-3-4-6-12(11)10-18(2)16(20)14-9-13(17)7-8-15(14)19/h3-9,19H,10H2,1-2H3. The number of nitrogens with zero attached hydrogens (tertiary/aromatic N) is 1. The fourth-order valence-electron chi connectivity index (χ4n) is 2.00. The van der Waals surface area contributed by atoms with E-state index in [4.69, 9.17) is 0 Å². The molecule has 0 aliphatic carbocycles. The smallest absolute Gasteiger partial charge is 0.257 e. The van der Waals surface area contributed by atoms with Crippen molar-refractivity contribution in [1.29, 1.82) is 0 Å². The number of phenolic OH excluding ortho intramolecular Hbond substituents is 1. The van der Waals surface area contributed by atoms with Crippen LogP contribution in [0.25, 0.3) is 0 Å². The molecule has 3 nitrogen and oxygen atoms in total. The monoisotopic (exact) mass is 333 g/mol. The van der Waals surface area contributed by atoms with Gasteiger partial charge in [-0.25, -0.2) is 0 Å². The summed E-state index contributed by atoms with van der Waals surface area (Å²) in [6, 6.07) is 12.8. The van der Waals surface area contributed by atoms with E-state index in [2.05, 4.69) is 15.9 Å². The van der Waals surface area contributed by atoms with Crippen molar-refractivity contribution in [1.82, 2.24) is 4.90 Å². The minimum absolute atomic E-state index is 0.00478. The van der Waals surface area contributed by atoms with Crippen molar-refractivity contribution >= 4 is 21.8 Å². The summed E-state index contributed by atoms with van der Waals surface area (Å²) in [4.78, 5) is 14.0. The first-order chi connectivity index (χ1) is 9.49. The molecule has 0 heterocycles. The highest BCUT2D eigenvalue weighted by Crippen LogP contribution is 2.23. The predicted molar refractivity (Wildman–Crippen MR) is 82.8 cm³/mol. The summed E-state index contributed by atoms with van der Waals surface area (Å²) in [6.07, 6.45) is 0. The van der Waals surface area contributed by atoms with E-state index in [1.807, 2.05) is 31.2 Å². The number of amides is 1. The topological polar surface area (TPSA) is 40.5 Å². The molecule has 0 saturated carbocycles. The minimum Gasteiger partial charge on any atom is -0.507 e. The molecule has 0 saturated heterocycles. The Kier molecular flexibility index (Phi) is 4.45. The molecule has 0 unspecified atom stereocenters. The van der Waals surface area contributed by atoms with E-state index in [-0.39, 0.29) is 11.7 Å². The molecule has 20 heavy (non-hydrogen) atoms. The van der Waals surface area contributed by atoms with Gasteiger partial charge in [-0.15, -0.1) is 0 Å². The summed E-state index contributed by atoms with van der Waals surface area (Å²) < 4.78 is 0.767. The molecule has 0 atom stereocenters. The van der Waals surface area contributed by atoms with Crippen molar-refractivity contribution in [2.75, 3.05) is 7.05 Å². The number of aryl methyl sites for hydroxylation is 1. The average molecular weight is 334 g/mol. The quantitative estimate of drug-likeness (QED) is 0.929. The van der Waals surface area contributed by atoms with E-state index in [0.29, 0.717) is 12.1 Å². The van der Waals surface area contributed by atoms with Gasteiger partial charge in [-0.2, -0.15) is 0 Å². The lowest BCUT2D eigenvalue weighted by atomic mass is 10.1. The lowest BCUT2D eigenvalue weighted by Gasteiger charge is -2.19. The molecule has 0 aromatic heterocycles. The number of carbonyl (C=O) groups excluding carboxylic acids is 1. The van der Waals surface area contributed by atoms with Gasteiger partial charge in [0.25, 0.3) is 5.91 Å². The summed E-state index contributed by atoms with van der Waals surface area (Å²) in [7, 11) is 1.73. The van der Waals surface area contributed by atoms with E-state index in [1.165, 1.54) is 6.07 Å². The van der Waals surface area contributed by atoms with Gasteiger partial charge in [-0.3, -0.25) is 4.79 Å². The third kappa shape index (κ3) is 3.20. The Morgan fingerprint density at radius 3 is 2.65 bits per heavy atom. The second-order valence-electron chi connectivity index (χ2n) is 4.75. The highest BCUT2D eigenvalue weighted by molar-refractivity contribution is 9.10. The molecule has 0 fully saturated rings. The predicted octanol–water partition coefficient (Wildman–Crippen LogP) is 3.74. The Balaban J connectivity index is 2.21. The number of hydrogen-bond donors (Lipinski definition) is 1. The molecule has 2 rings (SSSR count). The molecule has 0 bridgehead atoms. The third-order valence-electron chi connectivity index (χ3n) is 3.20. The zero-order chi connectivity index (χ0) is 14.7. The van der Waals surface area contributed by atoms with E-state index in [1.54, 1.807) is 24.1 Å². The fraction of sp³-hybridized carbons (Fsp3) is 0.188. The maximum Gasteiger partial charge on any atom is 0.257 e. The number of carbonyl (C=O) groups is 1. The molecule has 2 aromatic carbocycles. The van der Waals surface area contributed by atoms with Crippen LogP contribution in [0.5, 0.6) is 5.75 Å². The van der Waals surface area contributed by atoms with Crippen LogP contribution in [0.3, 0.4) is 0 Å². The molecule has 0 spiro atoms. The van der Waals surface area contributed by atoms with E-state index in [9.17, 15) is 9.90 Å². The van der Waals surface area contributed by atoms with Crippen molar-refractivity contribution in [3.05, 3.63) is 63.6 Å². The summed E-state index contributed by atoms with van der Waals surface area (Å²) in [5.41, 5.74) is 2.54. The highest BCUT2D eigenvalue weighted by atomic mass is 79.9. The van der Waals surface area contributed by atoms with Gasteiger partial charge in [0.15, 0.2) is 0 Å². The first kappa shape index (κ1) is 14.6. The Labute approximate surface area is 127 Å². The SMILES string of the molecule is Cc1ccccc1CN(C)C(=O)c1cc(Br)ccc1O. The number of aromatic hydroxyl groups is 1. The zero-order valence-corrected chi connectivity index (χ0v) is 13.0. The maximum absolute atomic E-state index is 12.4. The van der Waals surface area contributed by atoms with Gasteiger partial charge in [0.1, 0.15) is 5.75 Å². The molecule has 1 N–H and O–H groups in total. The molecule has 0 aliphatic rings. The van der Waals surface area contributed by atoms with Gasteiger partial charge < -0.3 is 10.0 Å². The van der Waals surface area contributed by atoms with Crippen molar-refractivity contribution in [2.24, 2.45) is 0 Å². The number of hydrogen-bond acceptors (Lipinski definition) is 2. The van der Waals surface area contributed by atoms with Crippen molar-refractivity contribution in [3.8, 4) is 5.75 Å². The van der Waals surface area contributed by atoms with Crippen LogP contribution in [0.4, 0.5) is 0 Å². The number of benzene rings is 2. The van der Waals surface area contributed by atoms with Crippen molar-refractivity contribution in [3.63, 3.8) is 0 Å². The summed E-state index contributed by atoms with van der Waals surface area (Å²) in [6.45, 7) is 2.53. The summed E-state index contributed by atoms with van der Waals surface area (Å²) in [5, 5.41) is 9.81. The van der Waals surface area contributed by atoms with Crippen LogP contribution in [0.2, 0.25) is 0 Å². The molecule has 2 aromatic rings. The summed E-state index contributed by atoms with van der Waals surface area (Å²) in [5.74, 6) is -0.207. The first-order valence-electron chi connectivity index (χ1n) is 6.27. The number of rotatable bonds is 3. The van der Waals surface area contributed by atoms with Gasteiger partial charge >= 0.3 is 0 Å². The lowest BCUT2D eigenvalue weighted by Crippen LogP contribution is -2.26. The van der Waals surface area contributed by atoms with Crippen LogP contribution in [-0.4, -0.2) is 23.0 Å². The molecular formula is C16H16BrNO2. The Morgan fingerprint density at radius 1 is 1.25 bits per heavy atom. The van der Waals surface area contributed by atoms with Crippen LogP contribution < -0.4 is 0 Å². The Morgan fingerprint density at radius 2 is 1.95 bits per heavy atom. The summed E-state index contributed by atoms with van der Waals surface area (Å²) >= 11 is 3.31. The molecule has 0 radical (unpaired) electrons. The third-order valence-corrected chi connectivity index (χ3v) is 3.70. The number of phenols is 1. The Bertz CT molecular complexity index is 640. The van der Waals surface area contributed by atoms with E-state index in [0.717, 1.165) is 15.6 Å². The van der Waals surface area contributed by atoms with Gasteiger partial charge in [-0.05, 0) is 36.2 Å². The maximum atomic E-state index is 12.4. The van der Waals surface area contributed by atoms with Gasteiger partial charge in [0, 0.05) is 18.1 Å². The van der Waals surface area contributed by atoms with E-state index >= 15 is 0 Å². The van der Waals surface area contributed by atoms with Crippen molar-refractivity contribution in [2.45, 2.75) is 13.5 Å². The van der Waals surface area contributed by atoms with Crippen LogP contribution in [-0.2, 0) is 6.54 Å². The molecule has 0 aliphatic heterocycles. The largest absolute Gasteiger partial charge is 0.507 e. The second kappa shape index (κ2) is 6.09. The molecule has 1 amide bonds. The fourth-order valence-corrected chi connectivity index (χ4v) is 2.36. The highest BCUT2D eigenvalue weighted by Gasteiger charge is 2.16. The molecular weight excluding hydrogens is 318 g/mol. The molecule has 104 valence electrons. The Hall–Kier alpha value is -1.81. The van der Waals surface area contributed by atoms with E-state index < -0.39 is 0 Å². The molecule has 4 heteroatoms. The van der Waals surface area contributed by atoms with Crippen LogP contribution in [0.1, 0.15) is 21.5 Å². The number of halogens is 1. The van der Waals surface area contributed by atoms with Crippen LogP contribution in [0, 0.1) is 6.92 Å². The van der Waals surface area contributed by atoms with Crippen molar-refractivity contribution < 1.29 is 9.90 Å². The van der Waals surface area contributed by atoms with Crippen LogP contribution >= 0.6 is 15.9 Å². The zero-order valence-electron chi connectivity index (χ0n) is 11.4. The normalized spacial score (nSPS) is 10.3. The van der Waals surface area contributed by atoms with Gasteiger partial charge in [0.2, 0.25) is 0 Å². The van der Waals surface area contributed by atoms with Crippen LogP contribution in [0.15, 0.2) is 46.9 Å². The lowest BCUT2D eigenvalue weighted by molar-refractivity contribution is 0.0782. The average Bonchev–Trinajstić information content (AvgIpc) is 2.43. The van der Waals surface area contributed by atoms with Gasteiger partial charge in [0.05, 0.1) is 5.56 Å². The second-order valence-corrected chi connectivity index (χ2v) is 5.66. The van der Waals surface area contributed by atoms with Gasteiger partial charge in [-0.1, -0.05) is 40.2 Å². The first-order valence-corrected chi connectivity index (χ1v) is 7.07. The minimum atomic E-state index is -0.202.